The van der Waals surface area contributed by atoms with Gasteiger partial charge >= 0.3 is 5.97 Å². The first-order chi connectivity index (χ1) is 10.3. The van der Waals surface area contributed by atoms with E-state index in [0.717, 1.165) is 24.2 Å². The third kappa shape index (κ3) is 4.94. The van der Waals surface area contributed by atoms with Gasteiger partial charge in [0.15, 0.2) is 6.04 Å². The molecule has 1 atom stereocenters. The fraction of sp³-hybridized carbons (Fsp3) is 0.688. The number of esters is 1. The lowest BCUT2D eigenvalue weighted by atomic mass is 10.0. The lowest BCUT2D eigenvalue weighted by molar-refractivity contribution is -0.145. The highest BCUT2D eigenvalue weighted by molar-refractivity contribution is 5.73. The molecule has 0 amide bonds. The van der Waals surface area contributed by atoms with E-state index in [9.17, 15) is 9.59 Å². The predicted octanol–water partition coefficient (Wildman–Crippen LogP) is 1.42. The molecule has 6 nitrogen and oxygen atoms in total. The summed E-state index contributed by atoms with van der Waals surface area (Å²) < 4.78 is 6.13. The number of hydrogen-bond donors (Lipinski definition) is 0. The Kier molecular flexibility index (Phi) is 6.74. The molecule has 1 aromatic heterocycles. The normalized spacial score (nSPS) is 12.7. The number of aromatic nitrogens is 2. The van der Waals surface area contributed by atoms with Crippen molar-refractivity contribution in [1.82, 2.24) is 14.7 Å². The summed E-state index contributed by atoms with van der Waals surface area (Å²) in [4.78, 5) is 26.3. The topological polar surface area (TPSA) is 64.4 Å². The monoisotopic (exact) mass is 309 g/mol. The number of likely N-dealkylation sites (N-methyl/N-ethyl adjacent to an activating group) is 1. The molecule has 124 valence electrons. The van der Waals surface area contributed by atoms with Crippen LogP contribution in [0, 0.1) is 12.8 Å². The summed E-state index contributed by atoms with van der Waals surface area (Å²) in [5, 5.41) is 4.44. The smallest absolute Gasteiger partial charge is 0.330 e. The van der Waals surface area contributed by atoms with Gasteiger partial charge in [-0.15, -0.1) is 0 Å². The number of carbonyl (C=O) groups excluding carboxylic acids is 1. The molecule has 0 aliphatic heterocycles. The van der Waals surface area contributed by atoms with Gasteiger partial charge in [-0.1, -0.05) is 13.8 Å². The second-order valence-electron chi connectivity index (χ2n) is 6.28. The Balaban J connectivity index is 3.21. The number of methoxy groups -OCH3 is 1. The van der Waals surface area contributed by atoms with Gasteiger partial charge in [0.1, 0.15) is 0 Å². The van der Waals surface area contributed by atoms with Crippen molar-refractivity contribution in [2.45, 2.75) is 39.7 Å². The van der Waals surface area contributed by atoms with Crippen molar-refractivity contribution in [2.24, 2.45) is 5.92 Å². The lowest BCUT2D eigenvalue weighted by Gasteiger charge is -2.20. The standard InChI is InChI=1S/C16H27N3O3/c1-11(2)9-14(16(21)22-6)19-15(20)10-12(3)13(17-19)7-8-18(4)5/h10-11,14H,7-9H2,1-6H3/t14-/m0/s1. The van der Waals surface area contributed by atoms with E-state index in [-0.39, 0.29) is 11.5 Å². The van der Waals surface area contributed by atoms with Crippen LogP contribution in [-0.2, 0) is 16.0 Å². The molecule has 0 N–H and O–H groups in total. The van der Waals surface area contributed by atoms with Crippen LogP contribution >= 0.6 is 0 Å². The third-order valence-electron chi connectivity index (χ3n) is 3.51. The quantitative estimate of drug-likeness (QED) is 0.713. The second-order valence-corrected chi connectivity index (χ2v) is 6.28. The van der Waals surface area contributed by atoms with E-state index < -0.39 is 12.0 Å². The SMILES string of the molecule is COC(=O)[C@H](CC(C)C)n1nc(CCN(C)C)c(C)cc1=O. The van der Waals surface area contributed by atoms with Gasteiger partial charge in [0.05, 0.1) is 12.8 Å². The Bertz CT molecular complexity index is 564. The Labute approximate surface area is 132 Å². The summed E-state index contributed by atoms with van der Waals surface area (Å²) >= 11 is 0. The minimum Gasteiger partial charge on any atom is -0.467 e. The van der Waals surface area contributed by atoms with Crippen LogP contribution in [0.3, 0.4) is 0 Å². The molecule has 0 fully saturated rings. The molecule has 6 heteroatoms. The molecule has 0 aromatic carbocycles. The third-order valence-corrected chi connectivity index (χ3v) is 3.51. The minimum absolute atomic E-state index is 0.254. The van der Waals surface area contributed by atoms with E-state index in [1.54, 1.807) is 6.07 Å². The number of aryl methyl sites for hydroxylation is 1. The number of hydrogen-bond acceptors (Lipinski definition) is 5. The van der Waals surface area contributed by atoms with Crippen LogP contribution < -0.4 is 5.56 Å². The van der Waals surface area contributed by atoms with Crippen LogP contribution in [0.15, 0.2) is 10.9 Å². The van der Waals surface area contributed by atoms with Gasteiger partial charge in [0.2, 0.25) is 0 Å². The summed E-state index contributed by atoms with van der Waals surface area (Å²) in [5.41, 5.74) is 1.43. The average molecular weight is 309 g/mol. The predicted molar refractivity (Wildman–Crippen MR) is 86.0 cm³/mol. The molecule has 0 radical (unpaired) electrons. The van der Waals surface area contributed by atoms with E-state index >= 15 is 0 Å². The van der Waals surface area contributed by atoms with Gasteiger partial charge in [-0.3, -0.25) is 4.79 Å². The zero-order chi connectivity index (χ0) is 16.9. The molecule has 0 aliphatic rings. The van der Waals surface area contributed by atoms with Crippen molar-refractivity contribution in [3.05, 3.63) is 27.7 Å². The van der Waals surface area contributed by atoms with Crippen molar-refractivity contribution in [3.8, 4) is 0 Å². The van der Waals surface area contributed by atoms with Crippen molar-refractivity contribution >= 4 is 5.97 Å². The van der Waals surface area contributed by atoms with E-state index in [4.69, 9.17) is 4.74 Å². The maximum Gasteiger partial charge on any atom is 0.330 e. The first kappa shape index (κ1) is 18.4. The average Bonchev–Trinajstić information content (AvgIpc) is 2.43. The molecule has 0 unspecified atom stereocenters. The van der Waals surface area contributed by atoms with E-state index in [1.807, 2.05) is 34.9 Å². The van der Waals surface area contributed by atoms with Crippen LogP contribution in [-0.4, -0.2) is 48.4 Å². The van der Waals surface area contributed by atoms with Crippen molar-refractivity contribution in [2.75, 3.05) is 27.7 Å². The molecule has 0 saturated carbocycles. The molecular formula is C16H27N3O3. The largest absolute Gasteiger partial charge is 0.467 e. The van der Waals surface area contributed by atoms with Gasteiger partial charge in [-0.05, 0) is 38.9 Å². The van der Waals surface area contributed by atoms with Gasteiger partial charge in [-0.2, -0.15) is 5.10 Å². The van der Waals surface area contributed by atoms with Crippen molar-refractivity contribution in [1.29, 1.82) is 0 Å². The zero-order valence-corrected chi connectivity index (χ0v) is 14.4. The minimum atomic E-state index is -0.670. The first-order valence-electron chi connectivity index (χ1n) is 7.58. The van der Waals surface area contributed by atoms with Gasteiger partial charge in [0.25, 0.3) is 5.56 Å². The number of carbonyl (C=O) groups is 1. The maximum absolute atomic E-state index is 12.3. The van der Waals surface area contributed by atoms with Gasteiger partial charge in [-0.25, -0.2) is 9.48 Å². The molecule has 0 bridgehead atoms. The van der Waals surface area contributed by atoms with E-state index in [2.05, 4.69) is 10.00 Å². The molecule has 0 spiro atoms. The van der Waals surface area contributed by atoms with Crippen LogP contribution in [0.25, 0.3) is 0 Å². The lowest BCUT2D eigenvalue weighted by Crippen LogP contribution is -2.34. The summed E-state index contributed by atoms with van der Waals surface area (Å²) in [7, 11) is 5.31. The van der Waals surface area contributed by atoms with E-state index in [0.29, 0.717) is 6.42 Å². The fourth-order valence-electron chi connectivity index (χ4n) is 2.27. The van der Waals surface area contributed by atoms with Crippen molar-refractivity contribution < 1.29 is 9.53 Å². The van der Waals surface area contributed by atoms with E-state index in [1.165, 1.54) is 11.8 Å². The summed E-state index contributed by atoms with van der Waals surface area (Å²) in [6.45, 7) is 6.71. The Morgan fingerprint density at radius 2 is 2.05 bits per heavy atom. The summed E-state index contributed by atoms with van der Waals surface area (Å²) in [5.74, 6) is -0.171. The Morgan fingerprint density at radius 1 is 1.41 bits per heavy atom. The fourth-order valence-corrected chi connectivity index (χ4v) is 2.27. The summed E-state index contributed by atoms with van der Waals surface area (Å²) in [6.07, 6.45) is 1.25. The second kappa shape index (κ2) is 8.08. The summed E-state index contributed by atoms with van der Waals surface area (Å²) in [6, 6.07) is 0.880. The number of nitrogens with zero attached hydrogens (tertiary/aromatic N) is 3. The molecule has 0 aliphatic carbocycles. The van der Waals surface area contributed by atoms with Crippen LogP contribution in [0.1, 0.15) is 37.6 Å². The van der Waals surface area contributed by atoms with Gasteiger partial charge < -0.3 is 9.64 Å². The highest BCUT2D eigenvalue weighted by atomic mass is 16.5. The zero-order valence-electron chi connectivity index (χ0n) is 14.4. The molecule has 22 heavy (non-hydrogen) atoms. The molecular weight excluding hydrogens is 282 g/mol. The highest BCUT2D eigenvalue weighted by Gasteiger charge is 2.25. The molecule has 1 rings (SSSR count). The highest BCUT2D eigenvalue weighted by Crippen LogP contribution is 2.17. The van der Waals surface area contributed by atoms with Crippen LogP contribution in [0.4, 0.5) is 0 Å². The van der Waals surface area contributed by atoms with Crippen LogP contribution in [0.2, 0.25) is 0 Å². The first-order valence-corrected chi connectivity index (χ1v) is 7.58. The van der Waals surface area contributed by atoms with Crippen molar-refractivity contribution in [3.63, 3.8) is 0 Å². The maximum atomic E-state index is 12.3. The Hall–Kier alpha value is -1.69. The Morgan fingerprint density at radius 3 is 2.55 bits per heavy atom. The molecule has 1 heterocycles. The molecule has 1 aromatic rings. The number of ether oxygens (including phenoxy) is 1. The van der Waals surface area contributed by atoms with Gasteiger partial charge in [0, 0.05) is 19.0 Å². The van der Waals surface area contributed by atoms with Crippen LogP contribution in [0.5, 0.6) is 0 Å². The number of rotatable bonds is 7. The molecule has 0 saturated heterocycles.